The van der Waals surface area contributed by atoms with E-state index in [9.17, 15) is 5.11 Å². The Morgan fingerprint density at radius 3 is 3.15 bits per heavy atom. The molecule has 0 saturated carbocycles. The zero-order valence-electron chi connectivity index (χ0n) is 11.9. The van der Waals surface area contributed by atoms with Crippen molar-refractivity contribution in [1.82, 2.24) is 0 Å². The minimum Gasteiger partial charge on any atom is -0.393 e. The van der Waals surface area contributed by atoms with Crippen molar-refractivity contribution in [2.24, 2.45) is 5.92 Å². The van der Waals surface area contributed by atoms with Gasteiger partial charge in [0.05, 0.1) is 18.3 Å². The second kappa shape index (κ2) is 6.56. The Bertz CT molecular complexity index is 398. The van der Waals surface area contributed by atoms with Crippen molar-refractivity contribution in [2.75, 3.05) is 19.8 Å². The molecule has 1 aromatic rings. The van der Waals surface area contributed by atoms with E-state index >= 15 is 0 Å². The molecule has 0 aromatic carbocycles. The Balaban J connectivity index is 1.45. The normalized spacial score (nSPS) is 31.8. The Morgan fingerprint density at radius 1 is 1.45 bits per heavy atom. The molecule has 20 heavy (non-hydrogen) atoms. The third kappa shape index (κ3) is 3.42. The highest BCUT2D eigenvalue weighted by atomic mass is 32.1. The molecule has 0 aliphatic carbocycles. The van der Waals surface area contributed by atoms with Gasteiger partial charge >= 0.3 is 0 Å². The maximum absolute atomic E-state index is 10.5. The summed E-state index contributed by atoms with van der Waals surface area (Å²) in [4.78, 5) is 1.42. The molecular formula is C16H24O3S. The lowest BCUT2D eigenvalue weighted by Crippen LogP contribution is -2.43. The van der Waals surface area contributed by atoms with Crippen molar-refractivity contribution < 1.29 is 14.6 Å². The molecule has 4 heteroatoms. The molecule has 0 bridgehead atoms. The number of aryl methyl sites for hydroxylation is 1. The summed E-state index contributed by atoms with van der Waals surface area (Å²) in [6, 6.07) is 4.27. The summed E-state index contributed by atoms with van der Waals surface area (Å²) in [6.45, 7) is 2.29. The van der Waals surface area contributed by atoms with Crippen LogP contribution in [0.3, 0.4) is 0 Å². The molecule has 3 atom stereocenters. The van der Waals surface area contributed by atoms with Gasteiger partial charge in [-0.25, -0.2) is 0 Å². The van der Waals surface area contributed by atoms with Crippen molar-refractivity contribution in [3.05, 3.63) is 22.4 Å². The first-order valence-electron chi connectivity index (χ1n) is 7.70. The zero-order valence-corrected chi connectivity index (χ0v) is 12.7. The molecular weight excluding hydrogens is 272 g/mol. The van der Waals surface area contributed by atoms with E-state index in [-0.39, 0.29) is 11.7 Å². The van der Waals surface area contributed by atoms with Crippen LogP contribution < -0.4 is 0 Å². The Morgan fingerprint density at radius 2 is 2.40 bits per heavy atom. The summed E-state index contributed by atoms with van der Waals surface area (Å²) < 4.78 is 11.4. The molecule has 1 N–H and O–H groups in total. The first-order chi connectivity index (χ1) is 9.77. The second-order valence-electron chi connectivity index (χ2n) is 6.13. The Hall–Kier alpha value is -0.420. The lowest BCUT2D eigenvalue weighted by molar-refractivity contribution is -0.117. The van der Waals surface area contributed by atoms with Crippen LogP contribution in [-0.4, -0.2) is 36.6 Å². The molecule has 0 amide bonds. The van der Waals surface area contributed by atoms with Gasteiger partial charge in [0.25, 0.3) is 0 Å². The number of thiophene rings is 1. The van der Waals surface area contributed by atoms with Crippen LogP contribution in [0.5, 0.6) is 0 Å². The first kappa shape index (κ1) is 14.5. The van der Waals surface area contributed by atoms with E-state index in [0.29, 0.717) is 12.5 Å². The summed E-state index contributed by atoms with van der Waals surface area (Å²) in [5, 5.41) is 12.6. The van der Waals surface area contributed by atoms with Gasteiger partial charge in [-0.3, -0.25) is 0 Å². The van der Waals surface area contributed by atoms with E-state index in [1.165, 1.54) is 4.88 Å². The highest BCUT2D eigenvalue weighted by Crippen LogP contribution is 2.37. The summed E-state index contributed by atoms with van der Waals surface area (Å²) in [6.07, 6.45) is 5.82. The lowest BCUT2D eigenvalue weighted by Gasteiger charge is -2.39. The monoisotopic (exact) mass is 296 g/mol. The minimum atomic E-state index is -0.184. The number of hydrogen-bond acceptors (Lipinski definition) is 4. The maximum atomic E-state index is 10.5. The highest BCUT2D eigenvalue weighted by molar-refractivity contribution is 7.09. The Labute approximate surface area is 124 Å². The van der Waals surface area contributed by atoms with Gasteiger partial charge in [-0.15, -0.1) is 11.3 Å². The largest absolute Gasteiger partial charge is 0.393 e. The molecule has 2 aliphatic heterocycles. The van der Waals surface area contributed by atoms with Gasteiger partial charge < -0.3 is 14.6 Å². The fraction of sp³-hybridized carbons (Fsp3) is 0.750. The van der Waals surface area contributed by atoms with E-state index in [1.807, 2.05) is 11.3 Å². The van der Waals surface area contributed by atoms with Gasteiger partial charge in [0, 0.05) is 24.5 Å². The van der Waals surface area contributed by atoms with E-state index in [1.54, 1.807) is 0 Å². The Kier molecular flexibility index (Phi) is 4.76. The number of ether oxygens (including phenoxy) is 2. The van der Waals surface area contributed by atoms with Crippen LogP contribution >= 0.6 is 11.3 Å². The maximum Gasteiger partial charge on any atom is 0.0940 e. The van der Waals surface area contributed by atoms with Gasteiger partial charge in [-0.1, -0.05) is 6.07 Å². The quantitative estimate of drug-likeness (QED) is 0.908. The number of rotatable bonds is 5. The fourth-order valence-corrected chi connectivity index (χ4v) is 4.18. The molecule has 0 radical (unpaired) electrons. The first-order valence-corrected chi connectivity index (χ1v) is 8.58. The molecule has 2 saturated heterocycles. The SMILES string of the molecule is OC(CCCc1cccs1)C1CCOC2(CCOC2)C1. The second-order valence-corrected chi connectivity index (χ2v) is 7.16. The van der Waals surface area contributed by atoms with Crippen LogP contribution in [-0.2, 0) is 15.9 Å². The van der Waals surface area contributed by atoms with Gasteiger partial charge in [0.1, 0.15) is 0 Å². The van der Waals surface area contributed by atoms with Crippen molar-refractivity contribution in [3.8, 4) is 0 Å². The summed E-state index contributed by atoms with van der Waals surface area (Å²) in [5.41, 5.74) is -0.0857. The fourth-order valence-electron chi connectivity index (χ4n) is 3.43. The minimum absolute atomic E-state index is 0.0857. The average molecular weight is 296 g/mol. The van der Waals surface area contributed by atoms with Crippen molar-refractivity contribution >= 4 is 11.3 Å². The summed E-state index contributed by atoms with van der Waals surface area (Å²) >= 11 is 1.81. The van der Waals surface area contributed by atoms with Crippen LogP contribution in [0.15, 0.2) is 17.5 Å². The summed E-state index contributed by atoms with van der Waals surface area (Å²) in [7, 11) is 0. The third-order valence-corrected chi connectivity index (χ3v) is 5.58. The molecule has 3 nitrogen and oxygen atoms in total. The van der Waals surface area contributed by atoms with Crippen LogP contribution in [0.25, 0.3) is 0 Å². The summed E-state index contributed by atoms with van der Waals surface area (Å²) in [5.74, 6) is 0.383. The van der Waals surface area contributed by atoms with E-state index in [0.717, 1.165) is 51.7 Å². The van der Waals surface area contributed by atoms with Gasteiger partial charge in [0.2, 0.25) is 0 Å². The third-order valence-electron chi connectivity index (χ3n) is 4.65. The molecule has 1 aromatic heterocycles. The molecule has 1 spiro atoms. The smallest absolute Gasteiger partial charge is 0.0940 e. The lowest BCUT2D eigenvalue weighted by atomic mass is 9.81. The predicted molar refractivity (Wildman–Crippen MR) is 80.1 cm³/mol. The van der Waals surface area contributed by atoms with E-state index in [2.05, 4.69) is 17.5 Å². The number of aliphatic hydroxyl groups excluding tert-OH is 1. The van der Waals surface area contributed by atoms with Crippen LogP contribution in [0.4, 0.5) is 0 Å². The van der Waals surface area contributed by atoms with Gasteiger partial charge in [-0.2, -0.15) is 0 Å². The van der Waals surface area contributed by atoms with E-state index in [4.69, 9.17) is 9.47 Å². The van der Waals surface area contributed by atoms with Gasteiger partial charge in [0.15, 0.2) is 0 Å². The standard InChI is InChI=1S/C16H24O3S/c17-15(5-1-3-14-4-2-10-20-14)13-6-8-19-16(11-13)7-9-18-12-16/h2,4,10,13,15,17H,1,3,5-9,11-12H2. The predicted octanol–water partition coefficient (Wildman–Crippen LogP) is 3.02. The van der Waals surface area contributed by atoms with Crippen LogP contribution in [0.1, 0.15) is 37.0 Å². The van der Waals surface area contributed by atoms with Crippen LogP contribution in [0.2, 0.25) is 0 Å². The molecule has 112 valence electrons. The van der Waals surface area contributed by atoms with Crippen molar-refractivity contribution in [3.63, 3.8) is 0 Å². The molecule has 3 rings (SSSR count). The number of hydrogen-bond donors (Lipinski definition) is 1. The topological polar surface area (TPSA) is 38.7 Å². The van der Waals surface area contributed by atoms with E-state index < -0.39 is 0 Å². The molecule has 2 fully saturated rings. The molecule has 3 heterocycles. The van der Waals surface area contributed by atoms with Gasteiger partial charge in [-0.05, 0) is 49.5 Å². The molecule has 3 unspecified atom stereocenters. The average Bonchev–Trinajstić information content (AvgIpc) is 3.11. The molecule has 2 aliphatic rings. The van der Waals surface area contributed by atoms with Crippen molar-refractivity contribution in [2.45, 2.75) is 50.2 Å². The van der Waals surface area contributed by atoms with Crippen LogP contribution in [0, 0.1) is 5.92 Å². The number of aliphatic hydroxyl groups is 1. The highest BCUT2D eigenvalue weighted by Gasteiger charge is 2.42. The zero-order chi connectivity index (χ0) is 13.8. The van der Waals surface area contributed by atoms with Crippen molar-refractivity contribution in [1.29, 1.82) is 0 Å².